The standard InChI is InChI=1S/C11H14ClNO/c1-2-11(13-8-14)7-9-3-5-10(12)6-4-9/h3-6,8,11H,2,7H2,1H3,(H,13,14). The fourth-order valence-electron chi connectivity index (χ4n) is 1.32. The highest BCUT2D eigenvalue weighted by atomic mass is 35.5. The third kappa shape index (κ3) is 3.38. The number of rotatable bonds is 5. The van der Waals surface area contributed by atoms with Crippen molar-refractivity contribution in [1.82, 2.24) is 5.32 Å². The molecule has 0 spiro atoms. The summed E-state index contributed by atoms with van der Waals surface area (Å²) < 4.78 is 0. The number of hydrogen-bond donors (Lipinski definition) is 1. The predicted molar refractivity (Wildman–Crippen MR) is 58.4 cm³/mol. The van der Waals surface area contributed by atoms with Gasteiger partial charge in [0, 0.05) is 11.1 Å². The van der Waals surface area contributed by atoms with E-state index in [0.29, 0.717) is 0 Å². The average Bonchev–Trinajstić information content (AvgIpc) is 2.20. The van der Waals surface area contributed by atoms with Gasteiger partial charge < -0.3 is 5.32 Å². The third-order valence-corrected chi connectivity index (χ3v) is 2.44. The van der Waals surface area contributed by atoms with E-state index in [2.05, 4.69) is 12.2 Å². The summed E-state index contributed by atoms with van der Waals surface area (Å²) in [4.78, 5) is 10.3. The van der Waals surface area contributed by atoms with Crippen molar-refractivity contribution in [3.63, 3.8) is 0 Å². The lowest BCUT2D eigenvalue weighted by molar-refractivity contribution is -0.110. The van der Waals surface area contributed by atoms with Gasteiger partial charge in [-0.15, -0.1) is 0 Å². The van der Waals surface area contributed by atoms with Crippen molar-refractivity contribution < 1.29 is 4.79 Å². The lowest BCUT2D eigenvalue weighted by atomic mass is 10.0. The van der Waals surface area contributed by atoms with E-state index in [1.807, 2.05) is 24.3 Å². The summed E-state index contributed by atoms with van der Waals surface area (Å²) in [6.45, 7) is 2.05. The monoisotopic (exact) mass is 211 g/mol. The van der Waals surface area contributed by atoms with Crippen LogP contribution in [-0.4, -0.2) is 12.5 Å². The van der Waals surface area contributed by atoms with E-state index < -0.39 is 0 Å². The molecule has 1 atom stereocenters. The summed E-state index contributed by atoms with van der Waals surface area (Å²) in [5.74, 6) is 0. The lowest BCUT2D eigenvalue weighted by Crippen LogP contribution is -2.28. The SMILES string of the molecule is CCC(Cc1ccc(Cl)cc1)NC=O. The molecule has 3 heteroatoms. The summed E-state index contributed by atoms with van der Waals surface area (Å²) in [6, 6.07) is 7.91. The summed E-state index contributed by atoms with van der Waals surface area (Å²) in [7, 11) is 0. The van der Waals surface area contributed by atoms with E-state index in [-0.39, 0.29) is 6.04 Å². The molecule has 0 fully saturated rings. The van der Waals surface area contributed by atoms with Crippen LogP contribution in [0, 0.1) is 0 Å². The van der Waals surface area contributed by atoms with Crippen molar-refractivity contribution in [3.05, 3.63) is 34.9 Å². The van der Waals surface area contributed by atoms with Crippen LogP contribution in [0.5, 0.6) is 0 Å². The van der Waals surface area contributed by atoms with Gasteiger partial charge in [0.2, 0.25) is 6.41 Å². The van der Waals surface area contributed by atoms with Crippen LogP contribution in [0.3, 0.4) is 0 Å². The molecule has 0 radical (unpaired) electrons. The van der Waals surface area contributed by atoms with Crippen molar-refractivity contribution in [2.24, 2.45) is 0 Å². The summed E-state index contributed by atoms with van der Waals surface area (Å²) >= 11 is 5.77. The molecular weight excluding hydrogens is 198 g/mol. The van der Waals surface area contributed by atoms with E-state index in [4.69, 9.17) is 11.6 Å². The minimum Gasteiger partial charge on any atom is -0.356 e. The Morgan fingerprint density at radius 1 is 1.43 bits per heavy atom. The third-order valence-electron chi connectivity index (χ3n) is 2.19. The number of halogens is 1. The van der Waals surface area contributed by atoms with E-state index in [1.54, 1.807) is 0 Å². The molecule has 0 aliphatic rings. The highest BCUT2D eigenvalue weighted by Gasteiger charge is 2.05. The average molecular weight is 212 g/mol. The molecule has 0 aliphatic heterocycles. The number of benzene rings is 1. The Hall–Kier alpha value is -1.02. The molecule has 1 unspecified atom stereocenters. The quantitative estimate of drug-likeness (QED) is 0.745. The van der Waals surface area contributed by atoms with Crippen molar-refractivity contribution in [2.45, 2.75) is 25.8 Å². The molecule has 76 valence electrons. The Morgan fingerprint density at radius 3 is 2.57 bits per heavy atom. The second-order valence-corrected chi connectivity index (χ2v) is 3.66. The zero-order valence-corrected chi connectivity index (χ0v) is 8.92. The second-order valence-electron chi connectivity index (χ2n) is 3.22. The molecule has 1 rings (SSSR count). The minimum absolute atomic E-state index is 0.216. The minimum atomic E-state index is 0.216. The fraction of sp³-hybridized carbons (Fsp3) is 0.364. The van der Waals surface area contributed by atoms with Gasteiger partial charge in [-0.25, -0.2) is 0 Å². The van der Waals surface area contributed by atoms with Gasteiger partial charge in [0.15, 0.2) is 0 Å². The molecule has 1 aromatic carbocycles. The zero-order chi connectivity index (χ0) is 10.4. The molecule has 0 saturated carbocycles. The maximum absolute atomic E-state index is 10.3. The van der Waals surface area contributed by atoms with Crippen LogP contribution in [0.2, 0.25) is 5.02 Å². The van der Waals surface area contributed by atoms with E-state index in [0.717, 1.165) is 24.3 Å². The molecule has 1 amide bonds. The number of nitrogens with one attached hydrogen (secondary N) is 1. The molecule has 1 aromatic rings. The van der Waals surface area contributed by atoms with Crippen molar-refractivity contribution in [2.75, 3.05) is 0 Å². The Balaban J connectivity index is 2.57. The molecule has 2 nitrogen and oxygen atoms in total. The molecule has 0 heterocycles. The highest BCUT2D eigenvalue weighted by molar-refractivity contribution is 6.30. The van der Waals surface area contributed by atoms with Crippen molar-refractivity contribution >= 4 is 18.0 Å². The first-order valence-electron chi connectivity index (χ1n) is 4.70. The normalized spacial score (nSPS) is 12.1. The molecule has 1 N–H and O–H groups in total. The van der Waals surface area contributed by atoms with Gasteiger partial charge in [-0.3, -0.25) is 4.79 Å². The van der Waals surface area contributed by atoms with Crippen LogP contribution in [-0.2, 0) is 11.2 Å². The van der Waals surface area contributed by atoms with Crippen molar-refractivity contribution in [1.29, 1.82) is 0 Å². The van der Waals surface area contributed by atoms with Crippen molar-refractivity contribution in [3.8, 4) is 0 Å². The lowest BCUT2D eigenvalue weighted by Gasteiger charge is -2.13. The Kier molecular flexibility index (Phi) is 4.47. The summed E-state index contributed by atoms with van der Waals surface area (Å²) in [6.07, 6.45) is 2.54. The number of amides is 1. The van der Waals surface area contributed by atoms with Gasteiger partial charge >= 0.3 is 0 Å². The second kappa shape index (κ2) is 5.66. The molecule has 0 aromatic heterocycles. The number of hydrogen-bond acceptors (Lipinski definition) is 1. The molecular formula is C11H14ClNO. The smallest absolute Gasteiger partial charge is 0.207 e. The van der Waals surface area contributed by atoms with Crippen LogP contribution >= 0.6 is 11.6 Å². The largest absolute Gasteiger partial charge is 0.356 e. The molecule has 0 bridgehead atoms. The first kappa shape index (κ1) is 11.1. The van der Waals surface area contributed by atoms with Crippen LogP contribution < -0.4 is 5.32 Å². The first-order valence-corrected chi connectivity index (χ1v) is 5.08. The number of carbonyl (C=O) groups is 1. The van der Waals surface area contributed by atoms with Crippen LogP contribution in [0.4, 0.5) is 0 Å². The first-order chi connectivity index (χ1) is 6.76. The zero-order valence-electron chi connectivity index (χ0n) is 8.16. The van der Waals surface area contributed by atoms with Crippen LogP contribution in [0.1, 0.15) is 18.9 Å². The topological polar surface area (TPSA) is 29.1 Å². The van der Waals surface area contributed by atoms with Gasteiger partial charge in [-0.2, -0.15) is 0 Å². The Labute approximate surface area is 89.3 Å². The Morgan fingerprint density at radius 2 is 2.07 bits per heavy atom. The van der Waals surface area contributed by atoms with E-state index >= 15 is 0 Å². The van der Waals surface area contributed by atoms with Gasteiger partial charge in [0.05, 0.1) is 0 Å². The molecule has 0 saturated heterocycles. The van der Waals surface area contributed by atoms with Gasteiger partial charge in [-0.1, -0.05) is 30.7 Å². The van der Waals surface area contributed by atoms with E-state index in [1.165, 1.54) is 5.56 Å². The fourth-order valence-corrected chi connectivity index (χ4v) is 1.45. The number of carbonyl (C=O) groups excluding carboxylic acids is 1. The summed E-state index contributed by atoms with van der Waals surface area (Å²) in [5.41, 5.74) is 1.19. The van der Waals surface area contributed by atoms with Gasteiger partial charge in [-0.05, 0) is 30.5 Å². The summed E-state index contributed by atoms with van der Waals surface area (Å²) in [5, 5.41) is 3.52. The molecule has 0 aliphatic carbocycles. The highest BCUT2D eigenvalue weighted by Crippen LogP contribution is 2.11. The predicted octanol–water partition coefficient (Wildman–Crippen LogP) is 2.41. The maximum atomic E-state index is 10.3. The van der Waals surface area contributed by atoms with Crippen LogP contribution in [0.25, 0.3) is 0 Å². The van der Waals surface area contributed by atoms with Gasteiger partial charge in [0.1, 0.15) is 0 Å². The molecule has 14 heavy (non-hydrogen) atoms. The Bertz CT molecular complexity index is 284. The van der Waals surface area contributed by atoms with E-state index in [9.17, 15) is 4.79 Å². The van der Waals surface area contributed by atoms with Crippen LogP contribution in [0.15, 0.2) is 24.3 Å². The van der Waals surface area contributed by atoms with Gasteiger partial charge in [0.25, 0.3) is 0 Å². The maximum Gasteiger partial charge on any atom is 0.207 e.